The summed E-state index contributed by atoms with van der Waals surface area (Å²) < 4.78 is 0. The van der Waals surface area contributed by atoms with Gasteiger partial charge in [-0.2, -0.15) is 0 Å². The maximum absolute atomic E-state index is 6.52. The van der Waals surface area contributed by atoms with Gasteiger partial charge in [0.05, 0.1) is 0 Å². The van der Waals surface area contributed by atoms with Crippen LogP contribution in [-0.2, 0) is 17.3 Å². The van der Waals surface area contributed by atoms with Crippen molar-refractivity contribution in [2.24, 2.45) is 0 Å². The van der Waals surface area contributed by atoms with E-state index in [9.17, 15) is 0 Å². The second-order valence-electron chi connectivity index (χ2n) is 7.87. The van der Waals surface area contributed by atoms with E-state index in [1.165, 1.54) is 0 Å². The number of halogens is 4. The van der Waals surface area contributed by atoms with Crippen LogP contribution in [0.2, 0.25) is 20.1 Å². The molecule has 0 aromatic heterocycles. The van der Waals surface area contributed by atoms with Crippen molar-refractivity contribution in [3.63, 3.8) is 0 Å². The molecular weight excluding hydrogens is 382 g/mol. The highest BCUT2D eigenvalue weighted by molar-refractivity contribution is 6.36. The molecule has 0 unspecified atom stereocenters. The highest BCUT2D eigenvalue weighted by Gasteiger charge is 2.26. The first-order chi connectivity index (χ1) is 10.9. The zero-order chi connectivity index (χ0) is 18.3. The summed E-state index contributed by atoms with van der Waals surface area (Å²) in [6.45, 7) is 10.6. The molecule has 0 radical (unpaired) electrons. The summed E-state index contributed by atoms with van der Waals surface area (Å²) in [4.78, 5) is 0. The van der Waals surface area contributed by atoms with E-state index in [1.54, 1.807) is 6.07 Å². The Morgan fingerprint density at radius 2 is 1.29 bits per heavy atom. The summed E-state index contributed by atoms with van der Waals surface area (Å²) in [5.41, 5.74) is 2.87. The predicted octanol–water partition coefficient (Wildman–Crippen LogP) is 8.12. The maximum atomic E-state index is 6.52. The van der Waals surface area contributed by atoms with Gasteiger partial charge in [-0.3, -0.25) is 0 Å². The molecule has 0 atom stereocenters. The van der Waals surface area contributed by atoms with Crippen LogP contribution in [0, 0.1) is 0 Å². The van der Waals surface area contributed by atoms with E-state index in [-0.39, 0.29) is 10.8 Å². The fourth-order valence-electron chi connectivity index (χ4n) is 3.09. The third-order valence-corrected chi connectivity index (χ3v) is 5.30. The van der Waals surface area contributed by atoms with Gasteiger partial charge in [-0.1, -0.05) is 87.1 Å². The van der Waals surface area contributed by atoms with E-state index < -0.39 is 0 Å². The Bertz CT molecular complexity index is 732. The third-order valence-electron chi connectivity index (χ3n) is 4.16. The molecule has 0 N–H and O–H groups in total. The fraction of sp³-hybridized carbons (Fsp3) is 0.400. The largest absolute Gasteiger partial charge is 0.0843 e. The summed E-state index contributed by atoms with van der Waals surface area (Å²) in [5, 5.41) is 2.74. The minimum Gasteiger partial charge on any atom is -0.0843 e. The Kier molecular flexibility index (Phi) is 5.87. The molecule has 2 rings (SSSR count). The van der Waals surface area contributed by atoms with E-state index in [2.05, 4.69) is 34.6 Å². The molecule has 0 saturated carbocycles. The van der Waals surface area contributed by atoms with Crippen molar-refractivity contribution in [1.82, 2.24) is 0 Å². The number of rotatable bonds is 3. The van der Waals surface area contributed by atoms with Crippen molar-refractivity contribution in [3.8, 4) is 0 Å². The molecule has 0 aliphatic rings. The highest BCUT2D eigenvalue weighted by Crippen LogP contribution is 2.39. The van der Waals surface area contributed by atoms with Crippen LogP contribution in [0.25, 0.3) is 0 Å². The highest BCUT2D eigenvalue weighted by atomic mass is 35.5. The summed E-state index contributed by atoms with van der Waals surface area (Å²) >= 11 is 25.4. The Balaban J connectivity index is 2.40. The van der Waals surface area contributed by atoms with Crippen LogP contribution in [0.4, 0.5) is 0 Å². The first-order valence-corrected chi connectivity index (χ1v) is 9.37. The van der Waals surface area contributed by atoms with Gasteiger partial charge in [0, 0.05) is 20.1 Å². The summed E-state index contributed by atoms with van der Waals surface area (Å²) in [6, 6.07) is 9.66. The summed E-state index contributed by atoms with van der Waals surface area (Å²) in [6.07, 6.45) is 0.776. The average Bonchev–Trinajstić information content (AvgIpc) is 2.34. The average molecular weight is 404 g/mol. The van der Waals surface area contributed by atoms with Crippen molar-refractivity contribution < 1.29 is 0 Å². The van der Waals surface area contributed by atoms with E-state index in [4.69, 9.17) is 46.4 Å². The van der Waals surface area contributed by atoms with Crippen LogP contribution in [0.3, 0.4) is 0 Å². The van der Waals surface area contributed by atoms with Crippen LogP contribution < -0.4 is 0 Å². The molecular formula is C20H22Cl4. The van der Waals surface area contributed by atoms with Crippen molar-refractivity contribution in [3.05, 3.63) is 67.1 Å². The van der Waals surface area contributed by atoms with Crippen LogP contribution >= 0.6 is 46.4 Å². The lowest BCUT2D eigenvalue weighted by Gasteiger charge is -2.28. The van der Waals surface area contributed by atoms with Gasteiger partial charge in [0.1, 0.15) is 0 Å². The van der Waals surface area contributed by atoms with Gasteiger partial charge in [-0.25, -0.2) is 0 Å². The van der Waals surface area contributed by atoms with Crippen LogP contribution in [0.5, 0.6) is 0 Å². The molecule has 0 saturated heterocycles. The first kappa shape index (κ1) is 19.9. The van der Waals surface area contributed by atoms with Crippen molar-refractivity contribution in [2.45, 2.75) is 51.9 Å². The fourth-order valence-corrected chi connectivity index (χ4v) is 4.85. The number of hydrogen-bond donors (Lipinski definition) is 0. The minimum atomic E-state index is -0.169. The number of hydrogen-bond acceptors (Lipinski definition) is 0. The second kappa shape index (κ2) is 7.08. The van der Waals surface area contributed by atoms with Crippen LogP contribution in [0.15, 0.2) is 30.3 Å². The SMILES string of the molecule is CC(C)(C)c1c(Cl)cc(CC(C)(C)c2ccc(Cl)cc2Cl)cc1Cl. The first-order valence-electron chi connectivity index (χ1n) is 7.86. The van der Waals surface area contributed by atoms with Gasteiger partial charge < -0.3 is 0 Å². The lowest BCUT2D eigenvalue weighted by molar-refractivity contribution is 0.522. The molecule has 0 heterocycles. The molecule has 2 aromatic carbocycles. The van der Waals surface area contributed by atoms with E-state index in [1.807, 2.05) is 24.3 Å². The van der Waals surface area contributed by atoms with Gasteiger partial charge in [0.2, 0.25) is 0 Å². The summed E-state index contributed by atoms with van der Waals surface area (Å²) in [5.74, 6) is 0. The molecule has 0 fully saturated rings. The van der Waals surface area contributed by atoms with Crippen molar-refractivity contribution >= 4 is 46.4 Å². The third kappa shape index (κ3) is 4.41. The van der Waals surface area contributed by atoms with E-state index in [0.29, 0.717) is 20.1 Å². The van der Waals surface area contributed by atoms with E-state index in [0.717, 1.165) is 23.1 Å². The van der Waals surface area contributed by atoms with Gasteiger partial charge in [0.25, 0.3) is 0 Å². The van der Waals surface area contributed by atoms with Gasteiger partial charge in [0.15, 0.2) is 0 Å². The van der Waals surface area contributed by atoms with Crippen LogP contribution in [-0.4, -0.2) is 0 Å². The smallest absolute Gasteiger partial charge is 0.0460 e. The minimum absolute atomic E-state index is 0.0955. The predicted molar refractivity (Wildman–Crippen MR) is 108 cm³/mol. The van der Waals surface area contributed by atoms with Gasteiger partial charge in [-0.05, 0) is 58.2 Å². The van der Waals surface area contributed by atoms with Crippen molar-refractivity contribution in [1.29, 1.82) is 0 Å². The van der Waals surface area contributed by atoms with Crippen molar-refractivity contribution in [2.75, 3.05) is 0 Å². The Morgan fingerprint density at radius 1 is 0.750 bits per heavy atom. The molecule has 0 spiro atoms. The molecule has 0 aliphatic heterocycles. The Morgan fingerprint density at radius 3 is 1.75 bits per heavy atom. The lowest BCUT2D eigenvalue weighted by atomic mass is 9.78. The monoisotopic (exact) mass is 402 g/mol. The molecule has 0 bridgehead atoms. The Labute approximate surface area is 165 Å². The molecule has 0 nitrogen and oxygen atoms in total. The van der Waals surface area contributed by atoms with Gasteiger partial charge in [-0.15, -0.1) is 0 Å². The Hall–Kier alpha value is -0.400. The molecule has 0 aliphatic carbocycles. The molecule has 0 amide bonds. The van der Waals surface area contributed by atoms with Crippen LogP contribution in [0.1, 0.15) is 51.3 Å². The standard InChI is InChI=1S/C20H22Cl4/c1-19(2,3)18-16(23)8-12(9-17(18)24)11-20(4,5)14-7-6-13(21)10-15(14)22/h6-10H,11H2,1-5H3. The molecule has 2 aromatic rings. The molecule has 130 valence electrons. The topological polar surface area (TPSA) is 0 Å². The number of benzene rings is 2. The van der Waals surface area contributed by atoms with Gasteiger partial charge >= 0.3 is 0 Å². The molecule has 24 heavy (non-hydrogen) atoms. The molecule has 4 heteroatoms. The normalized spacial score (nSPS) is 12.5. The quantitative estimate of drug-likeness (QED) is 0.485. The summed E-state index contributed by atoms with van der Waals surface area (Å²) in [7, 11) is 0. The second-order valence-corrected chi connectivity index (χ2v) is 9.53. The van der Waals surface area contributed by atoms with E-state index >= 15 is 0 Å². The zero-order valence-electron chi connectivity index (χ0n) is 14.6. The lowest BCUT2D eigenvalue weighted by Crippen LogP contribution is -2.21. The maximum Gasteiger partial charge on any atom is 0.0460 e. The zero-order valence-corrected chi connectivity index (χ0v) is 17.6.